The van der Waals surface area contributed by atoms with E-state index in [9.17, 15) is 4.79 Å². The highest BCUT2D eigenvalue weighted by Gasteiger charge is 2.45. The highest BCUT2D eigenvalue weighted by molar-refractivity contribution is 6.35. The van der Waals surface area contributed by atoms with Crippen LogP contribution in [0.2, 0.25) is 10.0 Å². The highest BCUT2D eigenvalue weighted by Crippen LogP contribution is 2.40. The Labute approximate surface area is 268 Å². The van der Waals surface area contributed by atoms with Crippen molar-refractivity contribution in [3.05, 3.63) is 112 Å². The molecular weight excluding hydrogens is 619 g/mol. The molecule has 5 aromatic rings. The molecule has 232 valence electrons. The van der Waals surface area contributed by atoms with Crippen molar-refractivity contribution in [1.29, 1.82) is 0 Å². The molecule has 1 N–H and O–H groups in total. The first kappa shape index (κ1) is 29.4. The lowest BCUT2D eigenvalue weighted by Crippen LogP contribution is -2.46. The highest BCUT2D eigenvalue weighted by atomic mass is 35.5. The summed E-state index contributed by atoms with van der Waals surface area (Å²) >= 11 is 12.7. The molecule has 2 atom stereocenters. The standard InChI is InChI=1S/C31H30Cl2N8O4/c32-22-1-10-28(29(33)15-22)31(18-40-21-34-19-36-40)44-17-27(45-31)16-43-26-8-6-24(7-9-26)39-13-11-38(12-14-39)23-2-4-25(5-3-23)41-30(42)35-20-37-41/h1-10,15,19-21,27H,11-14,16-18H2,(H,35,37,42)/t27-,31-/m0/s1. The van der Waals surface area contributed by atoms with E-state index in [1.807, 2.05) is 42.5 Å². The zero-order chi connectivity index (χ0) is 30.8. The summed E-state index contributed by atoms with van der Waals surface area (Å²) in [6, 6.07) is 21.2. The van der Waals surface area contributed by atoms with E-state index in [0.29, 0.717) is 28.8 Å². The van der Waals surface area contributed by atoms with Crippen LogP contribution in [-0.2, 0) is 21.8 Å². The van der Waals surface area contributed by atoms with Gasteiger partial charge in [-0.3, -0.25) is 4.98 Å². The summed E-state index contributed by atoms with van der Waals surface area (Å²) in [7, 11) is 0. The molecule has 3 aromatic carbocycles. The molecule has 0 aliphatic carbocycles. The Bertz CT molecular complexity index is 1790. The van der Waals surface area contributed by atoms with Crippen molar-refractivity contribution in [2.24, 2.45) is 0 Å². The summed E-state index contributed by atoms with van der Waals surface area (Å²) in [6.07, 6.45) is 4.12. The Morgan fingerprint density at radius 2 is 1.60 bits per heavy atom. The van der Waals surface area contributed by atoms with Crippen LogP contribution in [0.3, 0.4) is 0 Å². The first-order valence-electron chi connectivity index (χ1n) is 14.5. The molecular formula is C31H30Cl2N8O4. The second-order valence-electron chi connectivity index (χ2n) is 10.8. The number of ether oxygens (including phenoxy) is 3. The van der Waals surface area contributed by atoms with Crippen LogP contribution in [0.15, 0.2) is 90.5 Å². The molecule has 2 aliphatic heterocycles. The van der Waals surface area contributed by atoms with Gasteiger partial charge in [0.15, 0.2) is 0 Å². The first-order chi connectivity index (χ1) is 22.0. The van der Waals surface area contributed by atoms with Crippen molar-refractivity contribution in [3.63, 3.8) is 0 Å². The van der Waals surface area contributed by atoms with Gasteiger partial charge in [-0.25, -0.2) is 14.5 Å². The summed E-state index contributed by atoms with van der Waals surface area (Å²) in [4.78, 5) is 23.1. The Hall–Kier alpha value is -4.36. The molecule has 7 rings (SSSR count). The molecule has 0 radical (unpaired) electrons. The number of hydrogen-bond acceptors (Lipinski definition) is 9. The van der Waals surface area contributed by atoms with Crippen LogP contribution >= 0.6 is 23.2 Å². The average Bonchev–Trinajstić information content (AvgIpc) is 3.83. The lowest BCUT2D eigenvalue weighted by Gasteiger charge is -2.37. The van der Waals surface area contributed by atoms with Gasteiger partial charge in [-0.2, -0.15) is 14.9 Å². The van der Waals surface area contributed by atoms with E-state index >= 15 is 0 Å². The van der Waals surface area contributed by atoms with Gasteiger partial charge in [0.2, 0.25) is 5.79 Å². The maximum absolute atomic E-state index is 11.8. The first-order valence-corrected chi connectivity index (χ1v) is 15.3. The number of benzene rings is 3. The third kappa shape index (κ3) is 6.27. The van der Waals surface area contributed by atoms with Crippen molar-refractivity contribution in [2.75, 3.05) is 49.2 Å². The van der Waals surface area contributed by atoms with Gasteiger partial charge in [0.1, 0.15) is 44.0 Å². The van der Waals surface area contributed by atoms with E-state index in [0.717, 1.165) is 49.0 Å². The van der Waals surface area contributed by atoms with E-state index in [1.54, 1.807) is 23.1 Å². The molecule has 0 bridgehead atoms. The van der Waals surface area contributed by atoms with Gasteiger partial charge in [0.25, 0.3) is 0 Å². The largest absolute Gasteiger partial charge is 0.491 e. The topological polar surface area (TPSA) is 116 Å². The van der Waals surface area contributed by atoms with Crippen LogP contribution in [0.1, 0.15) is 5.56 Å². The lowest BCUT2D eigenvalue weighted by atomic mass is 10.1. The number of aromatic nitrogens is 6. The molecule has 0 saturated carbocycles. The van der Waals surface area contributed by atoms with Crippen LogP contribution in [-0.4, -0.2) is 75.0 Å². The number of nitrogens with one attached hydrogen (secondary N) is 1. The Morgan fingerprint density at radius 3 is 2.22 bits per heavy atom. The summed E-state index contributed by atoms with van der Waals surface area (Å²) < 4.78 is 21.8. The van der Waals surface area contributed by atoms with Crippen LogP contribution in [0.5, 0.6) is 5.75 Å². The fourth-order valence-electron chi connectivity index (χ4n) is 5.69. The second-order valence-corrected chi connectivity index (χ2v) is 11.7. The SMILES string of the molecule is O=c1[nH]cnn1-c1ccc(N2CCN(c3ccc(OC[C@H]4CO[C@](Cn5cncn5)(c5ccc(Cl)cc5Cl)O4)cc3)CC2)cc1. The van der Waals surface area contributed by atoms with Gasteiger partial charge in [0, 0.05) is 48.1 Å². The minimum Gasteiger partial charge on any atom is -0.491 e. The van der Waals surface area contributed by atoms with Crippen molar-refractivity contribution in [2.45, 2.75) is 18.4 Å². The molecule has 14 heteroatoms. The summed E-state index contributed by atoms with van der Waals surface area (Å²) in [5.74, 6) is -0.411. The third-order valence-corrected chi connectivity index (χ3v) is 8.52. The van der Waals surface area contributed by atoms with Crippen molar-refractivity contribution in [1.82, 2.24) is 29.5 Å². The van der Waals surface area contributed by atoms with Gasteiger partial charge in [-0.1, -0.05) is 29.3 Å². The minimum atomic E-state index is -1.16. The van der Waals surface area contributed by atoms with E-state index < -0.39 is 5.79 Å². The average molecular weight is 650 g/mol. The summed E-state index contributed by atoms with van der Waals surface area (Å²) in [6.45, 7) is 4.42. The van der Waals surface area contributed by atoms with E-state index in [1.165, 1.54) is 17.3 Å². The molecule has 2 fully saturated rings. The maximum atomic E-state index is 11.8. The van der Waals surface area contributed by atoms with Crippen molar-refractivity contribution >= 4 is 34.6 Å². The van der Waals surface area contributed by atoms with Crippen molar-refractivity contribution in [3.8, 4) is 11.4 Å². The fourth-order valence-corrected chi connectivity index (χ4v) is 6.24. The predicted octanol–water partition coefficient (Wildman–Crippen LogP) is 4.13. The molecule has 2 saturated heterocycles. The minimum absolute atomic E-state index is 0.255. The summed E-state index contributed by atoms with van der Waals surface area (Å²) in [5, 5.41) is 9.23. The van der Waals surface area contributed by atoms with Crippen LogP contribution in [0.25, 0.3) is 5.69 Å². The smallest absolute Gasteiger partial charge is 0.347 e. The lowest BCUT2D eigenvalue weighted by molar-refractivity contribution is -0.190. The van der Waals surface area contributed by atoms with Crippen LogP contribution in [0.4, 0.5) is 11.4 Å². The fraction of sp³-hybridized carbons (Fsp3) is 0.290. The third-order valence-electron chi connectivity index (χ3n) is 7.97. The number of piperazine rings is 1. The normalized spacial score (nSPS) is 20.1. The molecule has 2 aromatic heterocycles. The van der Waals surface area contributed by atoms with E-state index in [-0.39, 0.29) is 18.3 Å². The summed E-state index contributed by atoms with van der Waals surface area (Å²) in [5.41, 5.74) is 3.40. The molecule has 0 spiro atoms. The monoisotopic (exact) mass is 648 g/mol. The number of nitrogens with zero attached hydrogens (tertiary/aromatic N) is 7. The Kier molecular flexibility index (Phi) is 8.19. The number of rotatable bonds is 9. The van der Waals surface area contributed by atoms with Gasteiger partial charge in [-0.05, 0) is 60.7 Å². The predicted molar refractivity (Wildman–Crippen MR) is 170 cm³/mol. The Morgan fingerprint density at radius 1 is 0.911 bits per heavy atom. The number of H-pyrrole nitrogens is 1. The van der Waals surface area contributed by atoms with Gasteiger partial charge >= 0.3 is 5.69 Å². The molecule has 2 aliphatic rings. The number of hydrogen-bond donors (Lipinski definition) is 1. The molecule has 0 unspecified atom stereocenters. The molecule has 4 heterocycles. The maximum Gasteiger partial charge on any atom is 0.347 e. The second kappa shape index (κ2) is 12.6. The van der Waals surface area contributed by atoms with E-state index in [4.69, 9.17) is 37.4 Å². The molecule has 12 nitrogen and oxygen atoms in total. The zero-order valence-corrected chi connectivity index (χ0v) is 25.6. The Balaban J connectivity index is 0.936. The quantitative estimate of drug-likeness (QED) is 0.252. The number of halogens is 2. The molecule has 45 heavy (non-hydrogen) atoms. The zero-order valence-electron chi connectivity index (χ0n) is 24.1. The number of anilines is 2. The number of aromatic amines is 1. The van der Waals surface area contributed by atoms with Crippen LogP contribution in [0, 0.1) is 0 Å². The van der Waals surface area contributed by atoms with Gasteiger partial charge in [0.05, 0.1) is 17.3 Å². The molecule has 0 amide bonds. The van der Waals surface area contributed by atoms with E-state index in [2.05, 4.69) is 42.1 Å². The van der Waals surface area contributed by atoms with Crippen molar-refractivity contribution < 1.29 is 14.2 Å². The van der Waals surface area contributed by atoms with Gasteiger partial charge in [-0.15, -0.1) is 0 Å². The van der Waals surface area contributed by atoms with Gasteiger partial charge < -0.3 is 24.0 Å². The van der Waals surface area contributed by atoms with Crippen LogP contribution < -0.4 is 20.2 Å².